The number of carbonyl (C=O) groups excluding carboxylic acids is 1. The number of nitrogens with one attached hydrogen (secondary N) is 1. The molecule has 1 N–H and O–H groups in total. The molecule has 1 amide bonds. The van der Waals surface area contributed by atoms with Crippen LogP contribution >= 0.6 is 11.3 Å². The second-order valence-corrected chi connectivity index (χ2v) is 4.94. The largest absolute Gasteiger partial charge is 0.354 e. The van der Waals surface area contributed by atoms with Gasteiger partial charge >= 0.3 is 4.87 Å². The van der Waals surface area contributed by atoms with Crippen LogP contribution in [0.2, 0.25) is 0 Å². The Morgan fingerprint density at radius 1 is 1.56 bits per heavy atom. The molecule has 0 atom stereocenters. The van der Waals surface area contributed by atoms with Gasteiger partial charge in [0.1, 0.15) is 0 Å². The van der Waals surface area contributed by atoms with E-state index in [1.807, 2.05) is 26.2 Å². The van der Waals surface area contributed by atoms with E-state index in [9.17, 15) is 9.59 Å². The van der Waals surface area contributed by atoms with Crippen LogP contribution in [0, 0.1) is 6.92 Å². The minimum atomic E-state index is 0.0518. The van der Waals surface area contributed by atoms with E-state index in [0.717, 1.165) is 5.69 Å². The molecule has 0 spiro atoms. The molecule has 0 saturated carbocycles. The summed E-state index contributed by atoms with van der Waals surface area (Å²) < 4.78 is 1.72. The van der Waals surface area contributed by atoms with Gasteiger partial charge in [0.15, 0.2) is 0 Å². The van der Waals surface area contributed by atoms with Crippen LogP contribution in [0.5, 0.6) is 0 Å². The van der Waals surface area contributed by atoms with E-state index in [4.69, 9.17) is 0 Å². The molecule has 5 heteroatoms. The lowest BCUT2D eigenvalue weighted by Crippen LogP contribution is -2.30. The number of aromatic nitrogens is 1. The van der Waals surface area contributed by atoms with Gasteiger partial charge in [-0.2, -0.15) is 0 Å². The first kappa shape index (κ1) is 13.0. The SMILES string of the molecule is Cc1csc(=O)n1CCCC(=O)NC(C)C. The van der Waals surface area contributed by atoms with Crippen LogP contribution in [0.3, 0.4) is 0 Å². The van der Waals surface area contributed by atoms with E-state index in [-0.39, 0.29) is 16.8 Å². The average molecular weight is 242 g/mol. The minimum absolute atomic E-state index is 0.0518. The Morgan fingerprint density at radius 3 is 2.75 bits per heavy atom. The van der Waals surface area contributed by atoms with Crippen LogP contribution in [0.1, 0.15) is 32.4 Å². The normalized spacial score (nSPS) is 10.8. The highest BCUT2D eigenvalue weighted by molar-refractivity contribution is 7.07. The molecule has 1 aromatic heterocycles. The van der Waals surface area contributed by atoms with Gasteiger partial charge in [0, 0.05) is 30.1 Å². The third kappa shape index (κ3) is 3.81. The predicted molar refractivity (Wildman–Crippen MR) is 65.8 cm³/mol. The third-order valence-corrected chi connectivity index (χ3v) is 3.09. The highest BCUT2D eigenvalue weighted by Crippen LogP contribution is 2.02. The minimum Gasteiger partial charge on any atom is -0.354 e. The van der Waals surface area contributed by atoms with Gasteiger partial charge in [0.05, 0.1) is 0 Å². The first-order valence-corrected chi connectivity index (χ1v) is 6.33. The number of nitrogens with zero attached hydrogens (tertiary/aromatic N) is 1. The molecule has 0 fully saturated rings. The van der Waals surface area contributed by atoms with Gasteiger partial charge in [-0.05, 0) is 27.2 Å². The summed E-state index contributed by atoms with van der Waals surface area (Å²) in [5.41, 5.74) is 0.972. The molecule has 1 rings (SSSR count). The molecule has 16 heavy (non-hydrogen) atoms. The van der Waals surface area contributed by atoms with Crippen LogP contribution in [0.15, 0.2) is 10.2 Å². The van der Waals surface area contributed by atoms with Crippen molar-refractivity contribution in [3.8, 4) is 0 Å². The van der Waals surface area contributed by atoms with Crippen molar-refractivity contribution in [1.29, 1.82) is 0 Å². The van der Waals surface area contributed by atoms with E-state index >= 15 is 0 Å². The number of hydrogen-bond donors (Lipinski definition) is 1. The summed E-state index contributed by atoms with van der Waals surface area (Å²) >= 11 is 1.21. The van der Waals surface area contributed by atoms with Crippen molar-refractivity contribution in [2.24, 2.45) is 0 Å². The van der Waals surface area contributed by atoms with E-state index in [0.29, 0.717) is 19.4 Å². The number of hydrogen-bond acceptors (Lipinski definition) is 3. The summed E-state index contributed by atoms with van der Waals surface area (Å²) in [6.07, 6.45) is 1.18. The Morgan fingerprint density at radius 2 is 2.25 bits per heavy atom. The van der Waals surface area contributed by atoms with Crippen LogP contribution < -0.4 is 10.2 Å². The van der Waals surface area contributed by atoms with Crippen molar-refractivity contribution in [2.45, 2.75) is 46.2 Å². The van der Waals surface area contributed by atoms with E-state index < -0.39 is 0 Å². The lowest BCUT2D eigenvalue weighted by Gasteiger charge is -2.08. The Kier molecular flexibility index (Phi) is 4.73. The van der Waals surface area contributed by atoms with Gasteiger partial charge in [-0.25, -0.2) is 0 Å². The smallest absolute Gasteiger partial charge is 0.307 e. The molecule has 0 aliphatic carbocycles. The predicted octanol–water partition coefficient (Wildman–Crippen LogP) is 1.52. The zero-order valence-corrected chi connectivity index (χ0v) is 10.8. The van der Waals surface area contributed by atoms with Gasteiger partial charge in [0.2, 0.25) is 5.91 Å². The van der Waals surface area contributed by atoms with Crippen molar-refractivity contribution >= 4 is 17.2 Å². The second-order valence-electron chi connectivity index (χ2n) is 4.12. The third-order valence-electron chi connectivity index (χ3n) is 2.21. The van der Waals surface area contributed by atoms with Gasteiger partial charge in [0.25, 0.3) is 0 Å². The Balaban J connectivity index is 2.36. The molecular weight excluding hydrogens is 224 g/mol. The molecule has 1 heterocycles. The van der Waals surface area contributed by atoms with E-state index in [1.54, 1.807) is 4.57 Å². The van der Waals surface area contributed by atoms with Crippen LogP contribution in [0.4, 0.5) is 0 Å². The second kappa shape index (κ2) is 5.84. The van der Waals surface area contributed by atoms with Gasteiger partial charge < -0.3 is 9.88 Å². The Labute approximate surface area is 99.3 Å². The summed E-state index contributed by atoms with van der Waals surface area (Å²) in [5.74, 6) is 0.0518. The number of aryl methyl sites for hydroxylation is 1. The van der Waals surface area contributed by atoms with Crippen molar-refractivity contribution < 1.29 is 4.79 Å². The molecule has 0 unspecified atom stereocenters. The fourth-order valence-corrected chi connectivity index (χ4v) is 2.23. The standard InChI is InChI=1S/C11H18N2O2S/c1-8(2)12-10(14)5-4-6-13-9(3)7-16-11(13)15/h7-8H,4-6H2,1-3H3,(H,12,14). The van der Waals surface area contributed by atoms with Crippen LogP contribution in [0.25, 0.3) is 0 Å². The molecule has 4 nitrogen and oxygen atoms in total. The van der Waals surface area contributed by atoms with E-state index in [2.05, 4.69) is 5.32 Å². The summed E-state index contributed by atoms with van der Waals surface area (Å²) in [4.78, 5) is 22.8. The van der Waals surface area contributed by atoms with Crippen molar-refractivity contribution in [1.82, 2.24) is 9.88 Å². The van der Waals surface area contributed by atoms with E-state index in [1.165, 1.54) is 11.3 Å². The molecular formula is C11H18N2O2S. The molecule has 0 aromatic carbocycles. The van der Waals surface area contributed by atoms with Gasteiger partial charge in [-0.1, -0.05) is 11.3 Å². The van der Waals surface area contributed by atoms with Crippen molar-refractivity contribution in [3.63, 3.8) is 0 Å². The topological polar surface area (TPSA) is 51.1 Å². The fourth-order valence-electron chi connectivity index (χ4n) is 1.47. The fraction of sp³-hybridized carbons (Fsp3) is 0.636. The molecule has 0 radical (unpaired) electrons. The highest BCUT2D eigenvalue weighted by Gasteiger charge is 2.05. The zero-order chi connectivity index (χ0) is 12.1. The number of carbonyl (C=O) groups is 1. The van der Waals surface area contributed by atoms with Crippen molar-refractivity contribution in [3.05, 3.63) is 20.7 Å². The number of rotatable bonds is 5. The Bertz CT molecular complexity index is 406. The van der Waals surface area contributed by atoms with Crippen LogP contribution in [-0.4, -0.2) is 16.5 Å². The number of amides is 1. The molecule has 0 aliphatic rings. The summed E-state index contributed by atoms with van der Waals surface area (Å²) in [5, 5.41) is 4.67. The summed E-state index contributed by atoms with van der Waals surface area (Å²) in [7, 11) is 0. The quantitative estimate of drug-likeness (QED) is 0.851. The summed E-state index contributed by atoms with van der Waals surface area (Å²) in [6, 6.07) is 0.179. The van der Waals surface area contributed by atoms with Crippen molar-refractivity contribution in [2.75, 3.05) is 0 Å². The zero-order valence-electron chi connectivity index (χ0n) is 9.95. The highest BCUT2D eigenvalue weighted by atomic mass is 32.1. The molecule has 1 aromatic rings. The lowest BCUT2D eigenvalue weighted by atomic mass is 10.2. The maximum Gasteiger partial charge on any atom is 0.307 e. The average Bonchev–Trinajstić information content (AvgIpc) is 2.47. The van der Waals surface area contributed by atoms with Gasteiger partial charge in [-0.3, -0.25) is 9.59 Å². The maximum atomic E-state index is 11.4. The molecule has 90 valence electrons. The van der Waals surface area contributed by atoms with Crippen LogP contribution in [-0.2, 0) is 11.3 Å². The summed E-state index contributed by atoms with van der Waals surface area (Å²) in [6.45, 7) is 6.41. The first-order valence-electron chi connectivity index (χ1n) is 5.45. The molecule has 0 aliphatic heterocycles. The monoisotopic (exact) mass is 242 g/mol. The Hall–Kier alpha value is -1.10. The molecule has 0 bridgehead atoms. The lowest BCUT2D eigenvalue weighted by molar-refractivity contribution is -0.121. The first-order chi connectivity index (χ1) is 7.50. The maximum absolute atomic E-state index is 11.4. The number of thiazole rings is 1. The molecule has 0 saturated heterocycles. The van der Waals surface area contributed by atoms with Gasteiger partial charge in [-0.15, -0.1) is 0 Å².